The Hall–Kier alpha value is -1.67. The Morgan fingerprint density at radius 1 is 1.42 bits per heavy atom. The number of nitrogens with one attached hydrogen (secondary N) is 2. The van der Waals surface area contributed by atoms with E-state index in [1.54, 1.807) is 0 Å². The summed E-state index contributed by atoms with van der Waals surface area (Å²) in [7, 11) is 0. The molecule has 0 aromatic carbocycles. The third-order valence-corrected chi connectivity index (χ3v) is 3.28. The van der Waals surface area contributed by atoms with Crippen molar-refractivity contribution in [3.05, 3.63) is 0 Å². The van der Waals surface area contributed by atoms with Gasteiger partial charge in [-0.15, -0.1) is 0 Å². The van der Waals surface area contributed by atoms with E-state index in [4.69, 9.17) is 4.74 Å². The van der Waals surface area contributed by atoms with Crippen molar-refractivity contribution in [2.24, 2.45) is 0 Å². The van der Waals surface area contributed by atoms with Gasteiger partial charge in [-0.25, -0.2) is 4.79 Å². The van der Waals surface area contributed by atoms with Crippen LogP contribution in [0.2, 0.25) is 0 Å². The van der Waals surface area contributed by atoms with Crippen LogP contribution in [0.25, 0.3) is 0 Å². The number of hydrogen-bond acceptors (Lipinski definition) is 5. The molecule has 0 spiro atoms. The molecule has 2 rings (SSSR count). The number of rotatable bonds is 4. The zero-order chi connectivity index (χ0) is 13.9. The normalized spacial score (nSPS) is 22.3. The molecule has 0 bridgehead atoms. The van der Waals surface area contributed by atoms with Gasteiger partial charge in [-0.3, -0.25) is 14.5 Å². The summed E-state index contributed by atoms with van der Waals surface area (Å²) in [6, 6.07) is -0.565. The molecule has 0 aliphatic carbocycles. The molecule has 2 aliphatic heterocycles. The molecule has 2 saturated heterocycles. The van der Waals surface area contributed by atoms with Gasteiger partial charge in [0, 0.05) is 32.6 Å². The second kappa shape index (κ2) is 5.54. The first kappa shape index (κ1) is 13.8. The van der Waals surface area contributed by atoms with Crippen LogP contribution in [0.4, 0.5) is 4.79 Å². The third-order valence-electron chi connectivity index (χ3n) is 3.28. The van der Waals surface area contributed by atoms with Crippen molar-refractivity contribution in [2.45, 2.75) is 18.4 Å². The molecule has 2 fully saturated rings. The van der Waals surface area contributed by atoms with E-state index >= 15 is 0 Å². The number of nitrogens with zero attached hydrogens (tertiary/aromatic N) is 1. The van der Waals surface area contributed by atoms with Gasteiger partial charge in [0.15, 0.2) is 0 Å². The number of carbonyl (C=O) groups is 3. The van der Waals surface area contributed by atoms with Gasteiger partial charge in [-0.2, -0.15) is 0 Å². The summed E-state index contributed by atoms with van der Waals surface area (Å²) in [4.78, 5) is 35.0. The Morgan fingerprint density at radius 3 is 2.68 bits per heavy atom. The molecule has 2 heterocycles. The number of carbonyl (C=O) groups excluding carboxylic acids is 3. The number of imide groups is 1. The Labute approximate surface area is 110 Å². The van der Waals surface area contributed by atoms with Crippen LogP contribution in [0, 0.1) is 0 Å². The lowest BCUT2D eigenvalue weighted by atomic mass is 9.94. The van der Waals surface area contributed by atoms with Crippen molar-refractivity contribution >= 4 is 17.8 Å². The zero-order valence-electron chi connectivity index (χ0n) is 10.5. The molecule has 0 unspecified atom stereocenters. The van der Waals surface area contributed by atoms with E-state index < -0.39 is 23.4 Å². The molecule has 3 N–H and O–H groups in total. The maximum Gasteiger partial charge on any atom is 0.325 e. The molecule has 0 radical (unpaired) electrons. The van der Waals surface area contributed by atoms with Gasteiger partial charge < -0.3 is 20.5 Å². The van der Waals surface area contributed by atoms with Crippen LogP contribution >= 0.6 is 0 Å². The molecule has 4 amide bonds. The van der Waals surface area contributed by atoms with Gasteiger partial charge in [-0.05, 0) is 0 Å². The van der Waals surface area contributed by atoms with Crippen LogP contribution in [0.1, 0.15) is 12.8 Å². The molecule has 106 valence electrons. The minimum atomic E-state index is -0.967. The van der Waals surface area contributed by atoms with Crippen molar-refractivity contribution in [3.63, 3.8) is 0 Å². The highest BCUT2D eigenvalue weighted by Crippen LogP contribution is 2.19. The number of ether oxygens (including phenoxy) is 1. The minimum Gasteiger partial charge on any atom is -0.388 e. The van der Waals surface area contributed by atoms with Crippen LogP contribution in [0.5, 0.6) is 0 Å². The quantitative estimate of drug-likeness (QED) is 0.523. The lowest BCUT2D eigenvalue weighted by Gasteiger charge is -2.32. The minimum absolute atomic E-state index is 0.0760. The average Bonchev–Trinajstić information content (AvgIpc) is 2.69. The average molecular weight is 271 g/mol. The van der Waals surface area contributed by atoms with E-state index in [1.807, 2.05) is 0 Å². The van der Waals surface area contributed by atoms with Gasteiger partial charge in [0.25, 0.3) is 5.91 Å². The molecule has 8 nitrogen and oxygen atoms in total. The maximum atomic E-state index is 11.6. The largest absolute Gasteiger partial charge is 0.388 e. The number of amides is 4. The molecule has 2 aliphatic rings. The molecule has 0 atom stereocenters. The van der Waals surface area contributed by atoms with E-state index in [9.17, 15) is 19.5 Å². The van der Waals surface area contributed by atoms with Gasteiger partial charge in [0.1, 0.15) is 6.54 Å². The van der Waals surface area contributed by atoms with Crippen LogP contribution in [0.15, 0.2) is 0 Å². The summed E-state index contributed by atoms with van der Waals surface area (Å²) < 4.78 is 5.13. The van der Waals surface area contributed by atoms with Crippen LogP contribution < -0.4 is 10.6 Å². The van der Waals surface area contributed by atoms with Crippen LogP contribution in [-0.2, 0) is 14.3 Å². The van der Waals surface area contributed by atoms with E-state index in [1.165, 1.54) is 0 Å². The first-order valence-corrected chi connectivity index (χ1v) is 6.15. The lowest BCUT2D eigenvalue weighted by Crippen LogP contribution is -2.49. The first-order valence-electron chi connectivity index (χ1n) is 6.15. The van der Waals surface area contributed by atoms with Gasteiger partial charge >= 0.3 is 6.03 Å². The van der Waals surface area contributed by atoms with Crippen molar-refractivity contribution in [1.82, 2.24) is 15.5 Å². The summed E-state index contributed by atoms with van der Waals surface area (Å²) in [5.41, 5.74) is -0.967. The zero-order valence-corrected chi connectivity index (χ0v) is 10.5. The Morgan fingerprint density at radius 2 is 2.11 bits per heavy atom. The smallest absolute Gasteiger partial charge is 0.325 e. The second-order valence-electron chi connectivity index (χ2n) is 4.75. The van der Waals surface area contributed by atoms with Crippen molar-refractivity contribution in [3.8, 4) is 0 Å². The van der Waals surface area contributed by atoms with E-state index in [-0.39, 0.29) is 19.6 Å². The monoisotopic (exact) mass is 271 g/mol. The number of aliphatic hydroxyl groups is 1. The van der Waals surface area contributed by atoms with E-state index in [2.05, 4.69) is 10.6 Å². The molecular weight excluding hydrogens is 254 g/mol. The highest BCUT2D eigenvalue weighted by Gasteiger charge is 2.32. The molecular formula is C11H17N3O5. The highest BCUT2D eigenvalue weighted by atomic mass is 16.5. The predicted octanol–water partition coefficient (Wildman–Crippen LogP) is -1.80. The molecule has 19 heavy (non-hydrogen) atoms. The fraction of sp³-hybridized carbons (Fsp3) is 0.727. The highest BCUT2D eigenvalue weighted by molar-refractivity contribution is 6.04. The van der Waals surface area contributed by atoms with Gasteiger partial charge in [-0.1, -0.05) is 0 Å². The Bertz CT molecular complexity index is 376. The summed E-state index contributed by atoms with van der Waals surface area (Å²) in [5.74, 6) is -0.893. The third kappa shape index (κ3) is 3.42. The first-order chi connectivity index (χ1) is 9.00. The van der Waals surface area contributed by atoms with Crippen LogP contribution in [0.3, 0.4) is 0 Å². The van der Waals surface area contributed by atoms with Gasteiger partial charge in [0.05, 0.1) is 12.1 Å². The standard InChI is InChI=1S/C11H17N3O5/c15-8(6-14-9(16)5-12-10(14)17)13-7-11(18)1-3-19-4-2-11/h18H,1-7H2,(H,12,17)(H,13,15). The van der Waals surface area contributed by atoms with Crippen molar-refractivity contribution in [2.75, 3.05) is 32.8 Å². The number of hydrogen-bond donors (Lipinski definition) is 3. The van der Waals surface area contributed by atoms with Crippen molar-refractivity contribution in [1.29, 1.82) is 0 Å². The topological polar surface area (TPSA) is 108 Å². The second-order valence-corrected chi connectivity index (χ2v) is 4.75. The van der Waals surface area contributed by atoms with Gasteiger partial charge in [0.2, 0.25) is 5.91 Å². The molecule has 8 heteroatoms. The van der Waals surface area contributed by atoms with Crippen LogP contribution in [-0.4, -0.2) is 66.3 Å². The van der Waals surface area contributed by atoms with E-state index in [0.717, 1.165) is 4.90 Å². The van der Waals surface area contributed by atoms with E-state index in [0.29, 0.717) is 26.1 Å². The predicted molar refractivity (Wildman–Crippen MR) is 63.1 cm³/mol. The summed E-state index contributed by atoms with van der Waals surface area (Å²) in [6.45, 7) is 0.613. The lowest BCUT2D eigenvalue weighted by molar-refractivity contribution is -0.131. The molecule has 0 aromatic rings. The summed E-state index contributed by atoms with van der Waals surface area (Å²) in [5, 5.41) is 15.0. The Balaban J connectivity index is 1.78. The fourth-order valence-corrected chi connectivity index (χ4v) is 2.01. The summed E-state index contributed by atoms with van der Waals surface area (Å²) >= 11 is 0. The molecule has 0 aromatic heterocycles. The fourth-order valence-electron chi connectivity index (χ4n) is 2.01. The summed E-state index contributed by atoms with van der Waals surface area (Å²) in [6.07, 6.45) is 0.910. The van der Waals surface area contributed by atoms with Crippen molar-refractivity contribution < 1.29 is 24.2 Å². The molecule has 0 saturated carbocycles. The maximum absolute atomic E-state index is 11.6. The number of urea groups is 1. The Kier molecular flexibility index (Phi) is 4.01. The SMILES string of the molecule is O=C(CN1C(=O)CNC1=O)NCC1(O)CCOCC1.